The average molecular weight is 387 g/mol. The molecule has 5 nitrogen and oxygen atoms in total. The number of hydrogen-bond donors (Lipinski definition) is 1. The van der Waals surface area contributed by atoms with Gasteiger partial charge in [-0.2, -0.15) is 0 Å². The van der Waals surface area contributed by atoms with Crippen LogP contribution in [0.25, 0.3) is 0 Å². The summed E-state index contributed by atoms with van der Waals surface area (Å²) in [5.74, 6) is 0.493. The summed E-state index contributed by atoms with van der Waals surface area (Å²) in [4.78, 5) is 27.0. The van der Waals surface area contributed by atoms with Crippen molar-refractivity contribution in [3.63, 3.8) is 0 Å². The highest BCUT2D eigenvalue weighted by Crippen LogP contribution is 2.20. The monoisotopic (exact) mass is 386 g/mol. The molecule has 2 amide bonds. The summed E-state index contributed by atoms with van der Waals surface area (Å²) in [5, 5.41) is 3.51. The van der Waals surface area contributed by atoms with Gasteiger partial charge in [-0.3, -0.25) is 9.59 Å². The van der Waals surface area contributed by atoms with E-state index >= 15 is 0 Å². The van der Waals surface area contributed by atoms with Gasteiger partial charge in [0.1, 0.15) is 5.75 Å². The second-order valence-electron chi connectivity index (χ2n) is 6.67. The smallest absolute Gasteiger partial charge is 0.253 e. The minimum Gasteiger partial charge on any atom is -0.497 e. The Bertz CT molecular complexity index is 807. The fourth-order valence-corrected chi connectivity index (χ4v) is 3.45. The lowest BCUT2D eigenvalue weighted by atomic mass is 9.96. The van der Waals surface area contributed by atoms with E-state index in [0.717, 1.165) is 24.2 Å². The molecule has 0 aliphatic carbocycles. The molecule has 2 aromatic carbocycles. The first-order chi connectivity index (χ1) is 13.1. The summed E-state index contributed by atoms with van der Waals surface area (Å²) in [5.41, 5.74) is 1.56. The Balaban J connectivity index is 1.56. The average Bonchev–Trinajstić information content (AvgIpc) is 2.72. The molecular weight excluding hydrogens is 364 g/mol. The van der Waals surface area contributed by atoms with E-state index in [4.69, 9.17) is 16.3 Å². The topological polar surface area (TPSA) is 58.6 Å². The van der Waals surface area contributed by atoms with E-state index in [1.807, 2.05) is 24.3 Å². The van der Waals surface area contributed by atoms with E-state index in [2.05, 4.69) is 5.32 Å². The lowest BCUT2D eigenvalue weighted by Gasteiger charge is -2.32. The Kier molecular flexibility index (Phi) is 6.35. The molecule has 1 heterocycles. The third-order valence-corrected chi connectivity index (χ3v) is 5.01. The second kappa shape index (κ2) is 8.91. The summed E-state index contributed by atoms with van der Waals surface area (Å²) >= 11 is 5.98. The molecule has 3 rings (SSSR count). The molecular formula is C21H23ClN2O3. The van der Waals surface area contributed by atoms with E-state index < -0.39 is 0 Å². The molecule has 0 saturated carbocycles. The van der Waals surface area contributed by atoms with Crippen LogP contribution in [0.1, 0.15) is 28.8 Å². The normalized spacial score (nSPS) is 16.7. The molecule has 0 spiro atoms. The number of nitrogens with one attached hydrogen (secondary N) is 1. The predicted molar refractivity (Wildman–Crippen MR) is 105 cm³/mol. The first kappa shape index (κ1) is 19.2. The minimum absolute atomic E-state index is 0.0191. The number of nitrogens with zero attached hydrogens (tertiary/aromatic N) is 1. The maximum atomic E-state index is 12.7. The zero-order valence-electron chi connectivity index (χ0n) is 15.3. The van der Waals surface area contributed by atoms with Gasteiger partial charge in [0.25, 0.3) is 5.91 Å². The molecule has 1 atom stereocenters. The van der Waals surface area contributed by atoms with E-state index in [-0.39, 0.29) is 17.7 Å². The Labute approximate surface area is 164 Å². The molecule has 1 N–H and O–H groups in total. The van der Waals surface area contributed by atoms with E-state index in [0.29, 0.717) is 30.2 Å². The first-order valence-electron chi connectivity index (χ1n) is 9.02. The maximum absolute atomic E-state index is 12.7. The molecule has 0 unspecified atom stereocenters. The van der Waals surface area contributed by atoms with Crippen molar-refractivity contribution in [2.75, 3.05) is 20.2 Å². The van der Waals surface area contributed by atoms with Gasteiger partial charge in [0, 0.05) is 30.2 Å². The van der Waals surface area contributed by atoms with Gasteiger partial charge in [0.2, 0.25) is 5.91 Å². The summed E-state index contributed by atoms with van der Waals surface area (Å²) in [6.45, 7) is 1.55. The van der Waals surface area contributed by atoms with Crippen molar-refractivity contribution in [2.45, 2.75) is 19.4 Å². The van der Waals surface area contributed by atoms with Crippen LogP contribution < -0.4 is 10.1 Å². The number of halogens is 1. The molecule has 27 heavy (non-hydrogen) atoms. The van der Waals surface area contributed by atoms with Crippen molar-refractivity contribution in [1.29, 1.82) is 0 Å². The van der Waals surface area contributed by atoms with Crippen LogP contribution in [0.15, 0.2) is 48.5 Å². The first-order valence-corrected chi connectivity index (χ1v) is 9.40. The lowest BCUT2D eigenvalue weighted by molar-refractivity contribution is -0.126. The molecule has 1 fully saturated rings. The zero-order chi connectivity index (χ0) is 19.2. The van der Waals surface area contributed by atoms with Gasteiger partial charge >= 0.3 is 0 Å². The maximum Gasteiger partial charge on any atom is 0.253 e. The molecule has 0 bridgehead atoms. The number of piperidine rings is 1. The minimum atomic E-state index is -0.194. The largest absolute Gasteiger partial charge is 0.497 e. The van der Waals surface area contributed by atoms with Crippen molar-refractivity contribution in [1.82, 2.24) is 10.2 Å². The highest BCUT2D eigenvalue weighted by molar-refractivity contribution is 6.30. The van der Waals surface area contributed by atoms with Crippen molar-refractivity contribution >= 4 is 23.4 Å². The van der Waals surface area contributed by atoms with Crippen LogP contribution in [-0.4, -0.2) is 36.9 Å². The van der Waals surface area contributed by atoms with Crippen LogP contribution in [0.3, 0.4) is 0 Å². The third-order valence-electron chi connectivity index (χ3n) is 4.78. The van der Waals surface area contributed by atoms with Crippen LogP contribution in [0, 0.1) is 5.92 Å². The van der Waals surface area contributed by atoms with Crippen molar-refractivity contribution in [3.05, 3.63) is 64.7 Å². The number of carbonyl (C=O) groups is 2. The Morgan fingerprint density at radius 1 is 1.22 bits per heavy atom. The van der Waals surface area contributed by atoms with Gasteiger partial charge < -0.3 is 15.0 Å². The zero-order valence-corrected chi connectivity index (χ0v) is 16.0. The standard InChI is InChI=1S/C21H23ClN2O3/c1-27-19-9-7-15(8-10-19)13-23-20(25)17-5-3-11-24(14-17)21(26)16-4-2-6-18(22)12-16/h2,4,6-10,12,17H,3,5,11,13-14H2,1H3,(H,23,25)/t17-/m0/s1. The van der Waals surface area contributed by atoms with Crippen LogP contribution >= 0.6 is 11.6 Å². The van der Waals surface area contributed by atoms with Gasteiger partial charge in [-0.25, -0.2) is 0 Å². The summed E-state index contributed by atoms with van der Waals surface area (Å²) in [6.07, 6.45) is 1.60. The van der Waals surface area contributed by atoms with E-state index in [1.54, 1.807) is 36.3 Å². The number of ether oxygens (including phenoxy) is 1. The van der Waals surface area contributed by atoms with Gasteiger partial charge in [-0.1, -0.05) is 29.8 Å². The molecule has 1 saturated heterocycles. The Hall–Kier alpha value is -2.53. The number of carbonyl (C=O) groups excluding carboxylic acids is 2. The lowest BCUT2D eigenvalue weighted by Crippen LogP contribution is -2.45. The molecule has 6 heteroatoms. The second-order valence-corrected chi connectivity index (χ2v) is 7.10. The molecule has 1 aliphatic rings. The molecule has 142 valence electrons. The van der Waals surface area contributed by atoms with Gasteiger partial charge in [-0.15, -0.1) is 0 Å². The van der Waals surface area contributed by atoms with Crippen molar-refractivity contribution in [2.24, 2.45) is 5.92 Å². The number of benzene rings is 2. The number of amides is 2. The fraction of sp³-hybridized carbons (Fsp3) is 0.333. The van der Waals surface area contributed by atoms with Crippen LogP contribution in [0.5, 0.6) is 5.75 Å². The van der Waals surface area contributed by atoms with Gasteiger partial charge in [0.15, 0.2) is 0 Å². The van der Waals surface area contributed by atoms with E-state index in [1.165, 1.54) is 0 Å². The summed E-state index contributed by atoms with van der Waals surface area (Å²) < 4.78 is 5.13. The van der Waals surface area contributed by atoms with Gasteiger partial charge in [0.05, 0.1) is 13.0 Å². The molecule has 0 radical (unpaired) electrons. The number of rotatable bonds is 5. The Morgan fingerprint density at radius 3 is 2.70 bits per heavy atom. The van der Waals surface area contributed by atoms with Crippen molar-refractivity contribution in [3.8, 4) is 5.75 Å². The highest BCUT2D eigenvalue weighted by Gasteiger charge is 2.28. The number of methoxy groups -OCH3 is 1. The SMILES string of the molecule is COc1ccc(CNC(=O)[C@H]2CCCN(C(=O)c3cccc(Cl)c3)C2)cc1. The third kappa shape index (κ3) is 5.01. The summed E-state index contributed by atoms with van der Waals surface area (Å²) in [6, 6.07) is 14.5. The predicted octanol–water partition coefficient (Wildman–Crippen LogP) is 3.52. The fourth-order valence-electron chi connectivity index (χ4n) is 3.26. The number of likely N-dealkylation sites (tertiary alicyclic amines) is 1. The van der Waals surface area contributed by atoms with E-state index in [9.17, 15) is 9.59 Å². The van der Waals surface area contributed by atoms with Crippen LogP contribution in [-0.2, 0) is 11.3 Å². The van der Waals surface area contributed by atoms with Crippen LogP contribution in [0.2, 0.25) is 5.02 Å². The Morgan fingerprint density at radius 2 is 2.00 bits per heavy atom. The quantitative estimate of drug-likeness (QED) is 0.855. The number of hydrogen-bond acceptors (Lipinski definition) is 3. The van der Waals surface area contributed by atoms with Gasteiger partial charge in [-0.05, 0) is 48.7 Å². The van der Waals surface area contributed by atoms with Crippen LogP contribution in [0.4, 0.5) is 0 Å². The summed E-state index contributed by atoms with van der Waals surface area (Å²) in [7, 11) is 1.62. The highest BCUT2D eigenvalue weighted by atomic mass is 35.5. The molecule has 2 aromatic rings. The molecule has 1 aliphatic heterocycles. The van der Waals surface area contributed by atoms with Crippen molar-refractivity contribution < 1.29 is 14.3 Å². The molecule has 0 aromatic heterocycles.